The Labute approximate surface area is 133 Å². The minimum absolute atomic E-state index is 0. The van der Waals surface area contributed by atoms with Crippen LogP contribution in [-0.4, -0.2) is 64.6 Å². The summed E-state index contributed by atoms with van der Waals surface area (Å²) in [7, 11) is 0. The molecule has 0 heterocycles. The van der Waals surface area contributed by atoms with Gasteiger partial charge in [-0.3, -0.25) is 0 Å². The molecule has 1 nitrogen and oxygen atoms in total. The van der Waals surface area contributed by atoms with Gasteiger partial charge in [0, 0.05) is 64.6 Å². The van der Waals surface area contributed by atoms with Gasteiger partial charge in [-0.2, -0.15) is 0 Å². The fraction of sp³-hybridized carbons (Fsp3) is 1.00. The van der Waals surface area contributed by atoms with Crippen molar-refractivity contribution in [3.8, 4) is 0 Å². The van der Waals surface area contributed by atoms with Crippen molar-refractivity contribution in [3.05, 3.63) is 0 Å². The Kier molecular flexibility index (Phi) is 10.0. The second kappa shape index (κ2) is 7.80. The van der Waals surface area contributed by atoms with E-state index >= 15 is 0 Å². The maximum Gasteiger partial charge on any atom is 0.0471 e. The summed E-state index contributed by atoms with van der Waals surface area (Å²) in [5.41, 5.74) is 0.809. The average molecular weight is 225 g/mol. The van der Waals surface area contributed by atoms with Crippen LogP contribution in [0.4, 0.5) is 0 Å². The molecule has 0 aliphatic rings. The van der Waals surface area contributed by atoms with Crippen molar-refractivity contribution >= 4 is 51.4 Å². The van der Waals surface area contributed by atoms with E-state index in [-0.39, 0.29) is 51.4 Å². The van der Waals surface area contributed by atoms with Crippen LogP contribution >= 0.6 is 0 Å². The van der Waals surface area contributed by atoms with E-state index in [2.05, 4.69) is 41.5 Å². The summed E-state index contributed by atoms with van der Waals surface area (Å²) in [4.78, 5) is 0. The molecule has 0 atom stereocenters. The average Bonchev–Trinajstić information content (AvgIpc) is 1.81. The summed E-state index contributed by atoms with van der Waals surface area (Å²) in [5, 5.41) is 0. The van der Waals surface area contributed by atoms with Gasteiger partial charge in [0.05, 0.1) is 0 Å². The van der Waals surface area contributed by atoms with Gasteiger partial charge in [0.15, 0.2) is 0 Å². The van der Waals surface area contributed by atoms with Crippen molar-refractivity contribution < 1.29 is 4.74 Å². The molecule has 0 aliphatic heterocycles. The third-order valence-electron chi connectivity index (χ3n) is 1.99. The van der Waals surface area contributed by atoms with Crippen molar-refractivity contribution in [2.24, 2.45) is 10.8 Å². The molecule has 0 N–H and O–H groups in total. The number of hydrogen-bond donors (Lipinski definition) is 0. The number of ether oxygens (including phenoxy) is 1. The Morgan fingerprint density at radius 1 is 0.714 bits per heavy atom. The minimum atomic E-state index is 0. The molecular weight excluding hydrogens is 199 g/mol. The van der Waals surface area contributed by atoms with E-state index in [9.17, 15) is 0 Å². The molecule has 0 bridgehead atoms. The van der Waals surface area contributed by atoms with Crippen molar-refractivity contribution in [3.63, 3.8) is 0 Å². The molecule has 0 fully saturated rings. The molecule has 0 rings (SSSR count). The fourth-order valence-electron chi connectivity index (χ4n) is 0.859. The monoisotopic (exact) mass is 225 g/mol. The normalized spacial score (nSPS) is 12.4. The molecular formula is C12H26KO. The zero-order valence-corrected chi connectivity index (χ0v) is 14.4. The molecule has 0 amide bonds. The van der Waals surface area contributed by atoms with E-state index in [1.54, 1.807) is 0 Å². The van der Waals surface area contributed by atoms with Crippen LogP contribution in [0.5, 0.6) is 0 Å². The Hall–Kier alpha value is 1.60. The Morgan fingerprint density at radius 3 is 1.21 bits per heavy atom. The summed E-state index contributed by atoms with van der Waals surface area (Å²) in [6.45, 7) is 15.3. The van der Waals surface area contributed by atoms with Crippen LogP contribution in [0.3, 0.4) is 0 Å². The maximum atomic E-state index is 5.59. The van der Waals surface area contributed by atoms with Crippen LogP contribution in [0.25, 0.3) is 0 Å². The molecule has 0 spiro atoms. The Morgan fingerprint density at radius 2 is 1.00 bits per heavy atom. The smallest absolute Gasteiger partial charge is 0.0471 e. The molecule has 2 heteroatoms. The second-order valence-electron chi connectivity index (χ2n) is 6.23. The quantitative estimate of drug-likeness (QED) is 0.526. The van der Waals surface area contributed by atoms with E-state index < -0.39 is 0 Å². The number of rotatable bonds is 4. The van der Waals surface area contributed by atoms with E-state index in [1.807, 2.05) is 0 Å². The summed E-state index contributed by atoms with van der Waals surface area (Å²) >= 11 is 0. The van der Waals surface area contributed by atoms with Crippen LogP contribution in [-0.2, 0) is 4.74 Å². The number of hydrogen-bond acceptors (Lipinski definition) is 1. The fourth-order valence-corrected chi connectivity index (χ4v) is 0.859. The Bertz CT molecular complexity index is 114. The molecule has 0 saturated heterocycles. The first-order valence-corrected chi connectivity index (χ1v) is 5.28. The van der Waals surface area contributed by atoms with Crippen LogP contribution < -0.4 is 0 Å². The zero-order valence-electron chi connectivity index (χ0n) is 11.2. The first-order valence-electron chi connectivity index (χ1n) is 5.28. The summed E-state index contributed by atoms with van der Waals surface area (Å²) in [6, 6.07) is 0. The van der Waals surface area contributed by atoms with E-state index in [4.69, 9.17) is 4.74 Å². The predicted molar refractivity (Wildman–Crippen MR) is 64.7 cm³/mol. The molecule has 0 aliphatic carbocycles. The van der Waals surface area contributed by atoms with Crippen LogP contribution in [0.15, 0.2) is 0 Å². The van der Waals surface area contributed by atoms with Crippen molar-refractivity contribution in [2.45, 2.75) is 54.4 Å². The summed E-state index contributed by atoms with van der Waals surface area (Å²) in [5.74, 6) is 0. The molecule has 81 valence electrons. The minimum Gasteiger partial charge on any atom is -0.381 e. The molecule has 0 aromatic carbocycles. The molecule has 1 radical (unpaired) electrons. The third kappa shape index (κ3) is 16.0. The molecule has 14 heavy (non-hydrogen) atoms. The van der Waals surface area contributed by atoms with Crippen LogP contribution in [0, 0.1) is 10.8 Å². The first kappa shape index (κ1) is 18.0. The van der Waals surface area contributed by atoms with E-state index in [1.165, 1.54) is 0 Å². The van der Waals surface area contributed by atoms with Gasteiger partial charge in [-0.15, -0.1) is 0 Å². The van der Waals surface area contributed by atoms with Gasteiger partial charge in [-0.05, 0) is 23.7 Å². The largest absolute Gasteiger partial charge is 0.381 e. The standard InChI is InChI=1S/C12H26O.K/c1-11(2,3)7-9-13-10-8-12(4,5)6;/h7-10H2,1-6H3;. The van der Waals surface area contributed by atoms with Gasteiger partial charge in [0.25, 0.3) is 0 Å². The Balaban J connectivity index is 0. The van der Waals surface area contributed by atoms with Crippen molar-refractivity contribution in [1.82, 2.24) is 0 Å². The van der Waals surface area contributed by atoms with E-state index in [0.717, 1.165) is 26.1 Å². The van der Waals surface area contributed by atoms with Gasteiger partial charge in [-0.25, -0.2) is 0 Å². The molecule has 0 aromatic heterocycles. The van der Waals surface area contributed by atoms with Crippen molar-refractivity contribution in [2.75, 3.05) is 13.2 Å². The van der Waals surface area contributed by atoms with Crippen LogP contribution in [0.2, 0.25) is 0 Å². The van der Waals surface area contributed by atoms with Gasteiger partial charge in [0.1, 0.15) is 0 Å². The first-order chi connectivity index (χ1) is 5.71. The topological polar surface area (TPSA) is 9.23 Å². The van der Waals surface area contributed by atoms with Gasteiger partial charge >= 0.3 is 0 Å². The van der Waals surface area contributed by atoms with Gasteiger partial charge < -0.3 is 4.74 Å². The van der Waals surface area contributed by atoms with Crippen LogP contribution in [0.1, 0.15) is 54.4 Å². The second-order valence-corrected chi connectivity index (χ2v) is 6.23. The van der Waals surface area contributed by atoms with Gasteiger partial charge in [-0.1, -0.05) is 41.5 Å². The molecule has 0 aromatic rings. The zero-order chi connectivity index (χ0) is 10.5. The van der Waals surface area contributed by atoms with Gasteiger partial charge in [0.2, 0.25) is 0 Å². The maximum absolute atomic E-state index is 5.59. The van der Waals surface area contributed by atoms with E-state index in [0.29, 0.717) is 10.8 Å². The predicted octanol–water partition coefficient (Wildman–Crippen LogP) is 3.49. The van der Waals surface area contributed by atoms with Crippen molar-refractivity contribution in [1.29, 1.82) is 0 Å². The third-order valence-corrected chi connectivity index (χ3v) is 1.99. The summed E-state index contributed by atoms with van der Waals surface area (Å²) in [6.07, 6.45) is 2.30. The summed E-state index contributed by atoms with van der Waals surface area (Å²) < 4.78 is 5.59. The molecule has 0 saturated carbocycles. The SMILES string of the molecule is CC(C)(C)CCOCCC(C)(C)C.[K]. The molecule has 0 unspecified atom stereocenters.